The third-order valence-corrected chi connectivity index (χ3v) is 3.70. The lowest BCUT2D eigenvalue weighted by Crippen LogP contribution is -2.13. The molecule has 6 heteroatoms. The Kier molecular flexibility index (Phi) is 4.53. The van der Waals surface area contributed by atoms with Gasteiger partial charge in [0, 0.05) is 23.2 Å². The van der Waals surface area contributed by atoms with Crippen LogP contribution in [0.3, 0.4) is 0 Å². The average molecular weight is 288 g/mol. The Morgan fingerprint density at radius 3 is 2.95 bits per heavy atom. The minimum absolute atomic E-state index is 0.119. The molecule has 0 bridgehead atoms. The summed E-state index contributed by atoms with van der Waals surface area (Å²) in [6.45, 7) is 4.93. The molecule has 2 N–H and O–H groups in total. The second-order valence-electron chi connectivity index (χ2n) is 4.33. The van der Waals surface area contributed by atoms with E-state index in [2.05, 4.69) is 22.2 Å². The molecule has 2 rings (SSSR count). The highest BCUT2D eigenvalue weighted by atomic mass is 32.1. The van der Waals surface area contributed by atoms with E-state index in [1.165, 1.54) is 11.3 Å². The Bertz CT molecular complexity index is 696. The zero-order valence-electron chi connectivity index (χ0n) is 11.5. The first kappa shape index (κ1) is 14.3. The van der Waals surface area contributed by atoms with E-state index in [1.807, 2.05) is 18.4 Å². The summed E-state index contributed by atoms with van der Waals surface area (Å²) in [6.07, 6.45) is 1.72. The summed E-state index contributed by atoms with van der Waals surface area (Å²) in [5.41, 5.74) is 2.20. The summed E-state index contributed by atoms with van der Waals surface area (Å²) in [7, 11) is 0. The summed E-state index contributed by atoms with van der Waals surface area (Å²) in [4.78, 5) is 18.9. The van der Waals surface area contributed by atoms with Gasteiger partial charge >= 0.3 is 0 Å². The second-order valence-corrected chi connectivity index (χ2v) is 5.19. The molecule has 0 aromatic carbocycles. The first-order valence-electron chi connectivity index (χ1n) is 6.55. The lowest BCUT2D eigenvalue weighted by Gasteiger charge is -2.05. The lowest BCUT2D eigenvalue weighted by atomic mass is 10.1. The van der Waals surface area contributed by atoms with Gasteiger partial charge in [0.1, 0.15) is 11.6 Å². The molecule has 5 nitrogen and oxygen atoms in total. The number of aryl methyl sites for hydroxylation is 1. The number of nitrogens with one attached hydrogen (secondary N) is 2. The van der Waals surface area contributed by atoms with Crippen molar-refractivity contribution < 1.29 is 0 Å². The molecule has 104 valence electrons. The highest BCUT2D eigenvalue weighted by Crippen LogP contribution is 2.27. The van der Waals surface area contributed by atoms with Gasteiger partial charge in [-0.1, -0.05) is 13.8 Å². The Hall–Kier alpha value is -2.13. The number of aromatic amines is 1. The van der Waals surface area contributed by atoms with Crippen molar-refractivity contribution in [1.82, 2.24) is 9.97 Å². The van der Waals surface area contributed by atoms with Gasteiger partial charge in [0.05, 0.1) is 5.69 Å². The van der Waals surface area contributed by atoms with Gasteiger partial charge in [0.15, 0.2) is 5.13 Å². The van der Waals surface area contributed by atoms with Crippen molar-refractivity contribution in [1.29, 1.82) is 5.26 Å². The van der Waals surface area contributed by atoms with E-state index in [9.17, 15) is 4.79 Å². The minimum atomic E-state index is -0.340. The van der Waals surface area contributed by atoms with Crippen molar-refractivity contribution >= 4 is 16.5 Å². The summed E-state index contributed by atoms with van der Waals surface area (Å²) >= 11 is 1.52. The van der Waals surface area contributed by atoms with E-state index in [0.29, 0.717) is 6.42 Å². The normalized spacial score (nSPS) is 10.2. The average Bonchev–Trinajstić information content (AvgIpc) is 2.93. The molecular formula is C14H16N4OS. The minimum Gasteiger partial charge on any atom is -0.362 e. The number of thiazole rings is 1. The van der Waals surface area contributed by atoms with Crippen LogP contribution in [0.15, 0.2) is 16.2 Å². The van der Waals surface area contributed by atoms with Gasteiger partial charge in [-0.2, -0.15) is 5.26 Å². The second kappa shape index (κ2) is 6.35. The predicted molar refractivity (Wildman–Crippen MR) is 81.0 cm³/mol. The lowest BCUT2D eigenvalue weighted by molar-refractivity contribution is 0.975. The van der Waals surface area contributed by atoms with Gasteiger partial charge in [-0.15, -0.1) is 11.3 Å². The Morgan fingerprint density at radius 2 is 2.30 bits per heavy atom. The predicted octanol–water partition coefficient (Wildman–Crippen LogP) is 2.75. The van der Waals surface area contributed by atoms with Crippen molar-refractivity contribution in [2.24, 2.45) is 0 Å². The number of pyridine rings is 1. The van der Waals surface area contributed by atoms with Crippen molar-refractivity contribution in [3.05, 3.63) is 33.1 Å². The van der Waals surface area contributed by atoms with Crippen molar-refractivity contribution in [2.75, 3.05) is 11.9 Å². The molecule has 0 aliphatic carbocycles. The molecule has 0 saturated heterocycles. The van der Waals surface area contributed by atoms with Crippen LogP contribution in [0.2, 0.25) is 0 Å². The van der Waals surface area contributed by atoms with Gasteiger partial charge in [-0.05, 0) is 18.9 Å². The summed E-state index contributed by atoms with van der Waals surface area (Å²) in [5, 5.41) is 15.0. The van der Waals surface area contributed by atoms with Gasteiger partial charge in [-0.3, -0.25) is 4.79 Å². The van der Waals surface area contributed by atoms with Crippen LogP contribution < -0.4 is 10.9 Å². The molecule has 0 aliphatic heterocycles. The topological polar surface area (TPSA) is 81.6 Å². The molecule has 0 amide bonds. The molecule has 0 atom stereocenters. The highest BCUT2D eigenvalue weighted by Gasteiger charge is 2.12. The van der Waals surface area contributed by atoms with Crippen LogP contribution in [0.4, 0.5) is 5.13 Å². The molecule has 2 heterocycles. The number of hydrogen-bond donors (Lipinski definition) is 2. The molecule has 0 fully saturated rings. The number of rotatable bonds is 5. The van der Waals surface area contributed by atoms with E-state index in [-0.39, 0.29) is 11.1 Å². The fourth-order valence-corrected chi connectivity index (χ4v) is 2.61. The van der Waals surface area contributed by atoms with Gasteiger partial charge in [-0.25, -0.2) is 4.98 Å². The maximum atomic E-state index is 11.7. The third-order valence-electron chi connectivity index (χ3n) is 2.90. The molecule has 0 saturated carbocycles. The summed E-state index contributed by atoms with van der Waals surface area (Å²) in [5.74, 6) is 0. The van der Waals surface area contributed by atoms with Crippen LogP contribution in [0, 0.1) is 11.3 Å². The van der Waals surface area contributed by atoms with Gasteiger partial charge < -0.3 is 10.3 Å². The van der Waals surface area contributed by atoms with Crippen LogP contribution in [0.25, 0.3) is 11.3 Å². The maximum Gasteiger partial charge on any atom is 0.266 e. The molecule has 2 aromatic rings. The maximum absolute atomic E-state index is 11.7. The van der Waals surface area contributed by atoms with Gasteiger partial charge in [0.25, 0.3) is 5.56 Å². The molecular weight excluding hydrogens is 272 g/mol. The largest absolute Gasteiger partial charge is 0.362 e. The standard InChI is InChI=1S/C14H16N4OS/c1-3-5-16-14-18-12(8-20-14)10-6-9(7-15)13(19)17-11(10)4-2/h6,8H,3-5H2,1-2H3,(H,16,18)(H,17,19). The summed E-state index contributed by atoms with van der Waals surface area (Å²) in [6, 6.07) is 3.54. The quantitative estimate of drug-likeness (QED) is 0.886. The van der Waals surface area contributed by atoms with Crippen LogP contribution in [0.5, 0.6) is 0 Å². The number of H-pyrrole nitrogens is 1. The zero-order valence-corrected chi connectivity index (χ0v) is 12.3. The molecule has 0 spiro atoms. The molecule has 2 aromatic heterocycles. The number of nitriles is 1. The molecule has 0 aliphatic rings. The van der Waals surface area contributed by atoms with Crippen LogP contribution >= 0.6 is 11.3 Å². The SMILES string of the molecule is CCCNc1nc(-c2cc(C#N)c(=O)[nH]c2CC)cs1. The fraction of sp³-hybridized carbons (Fsp3) is 0.357. The van der Waals surface area contributed by atoms with E-state index >= 15 is 0 Å². The number of hydrogen-bond acceptors (Lipinski definition) is 5. The van der Waals surface area contributed by atoms with Crippen molar-refractivity contribution in [2.45, 2.75) is 26.7 Å². The van der Waals surface area contributed by atoms with Crippen molar-refractivity contribution in [3.63, 3.8) is 0 Å². The molecule has 0 unspecified atom stereocenters. The van der Waals surface area contributed by atoms with E-state index in [1.54, 1.807) is 6.07 Å². The van der Waals surface area contributed by atoms with E-state index in [4.69, 9.17) is 5.26 Å². The van der Waals surface area contributed by atoms with Crippen LogP contribution in [-0.4, -0.2) is 16.5 Å². The fourth-order valence-electron chi connectivity index (χ4n) is 1.87. The Balaban J connectivity index is 2.43. The van der Waals surface area contributed by atoms with E-state index in [0.717, 1.165) is 35.0 Å². The van der Waals surface area contributed by atoms with Crippen LogP contribution in [0.1, 0.15) is 31.5 Å². The number of anilines is 1. The first-order valence-corrected chi connectivity index (χ1v) is 7.43. The van der Waals surface area contributed by atoms with Gasteiger partial charge in [0.2, 0.25) is 0 Å². The Morgan fingerprint density at radius 1 is 1.50 bits per heavy atom. The monoisotopic (exact) mass is 288 g/mol. The highest BCUT2D eigenvalue weighted by molar-refractivity contribution is 7.14. The smallest absolute Gasteiger partial charge is 0.266 e. The Labute approximate surface area is 121 Å². The van der Waals surface area contributed by atoms with Crippen molar-refractivity contribution in [3.8, 4) is 17.3 Å². The zero-order chi connectivity index (χ0) is 14.5. The van der Waals surface area contributed by atoms with E-state index < -0.39 is 0 Å². The molecule has 0 radical (unpaired) electrons. The third kappa shape index (κ3) is 2.89. The number of aromatic nitrogens is 2. The first-order chi connectivity index (χ1) is 9.69. The molecule has 20 heavy (non-hydrogen) atoms. The summed E-state index contributed by atoms with van der Waals surface area (Å²) < 4.78 is 0. The number of nitrogens with zero attached hydrogens (tertiary/aromatic N) is 2. The van der Waals surface area contributed by atoms with Crippen LogP contribution in [-0.2, 0) is 6.42 Å².